The van der Waals surface area contributed by atoms with Crippen molar-refractivity contribution in [2.75, 3.05) is 18.9 Å². The van der Waals surface area contributed by atoms with Crippen LogP contribution in [0.15, 0.2) is 47.4 Å². The highest BCUT2D eigenvalue weighted by molar-refractivity contribution is 14.1. The molecule has 0 aliphatic carbocycles. The number of anilines is 1. The van der Waals surface area contributed by atoms with Crippen LogP contribution in [0.1, 0.15) is 0 Å². The monoisotopic (exact) mass is 419 g/mol. The van der Waals surface area contributed by atoms with E-state index in [0.29, 0.717) is 11.4 Å². The van der Waals surface area contributed by atoms with Crippen LogP contribution in [0.25, 0.3) is 0 Å². The molecule has 0 radical (unpaired) electrons. The van der Waals surface area contributed by atoms with Crippen LogP contribution < -0.4 is 14.2 Å². The van der Waals surface area contributed by atoms with E-state index in [9.17, 15) is 8.42 Å². The molecular formula is C14H14INO4S. The molecule has 7 heteroatoms. The van der Waals surface area contributed by atoms with Gasteiger partial charge in [-0.3, -0.25) is 4.72 Å². The first-order valence-corrected chi connectivity index (χ1v) is 8.53. The number of ether oxygens (including phenoxy) is 2. The highest BCUT2D eigenvalue weighted by atomic mass is 127. The van der Waals surface area contributed by atoms with E-state index >= 15 is 0 Å². The lowest BCUT2D eigenvalue weighted by Crippen LogP contribution is -2.14. The minimum Gasteiger partial charge on any atom is -0.497 e. The molecule has 112 valence electrons. The summed E-state index contributed by atoms with van der Waals surface area (Å²) in [5.41, 5.74) is 0.494. The molecule has 2 rings (SSSR count). The van der Waals surface area contributed by atoms with Crippen molar-refractivity contribution in [1.29, 1.82) is 0 Å². The van der Waals surface area contributed by atoms with Crippen molar-refractivity contribution in [1.82, 2.24) is 0 Å². The van der Waals surface area contributed by atoms with Crippen LogP contribution in [-0.2, 0) is 10.0 Å². The Kier molecular flexibility index (Phi) is 4.94. The fourth-order valence-electron chi connectivity index (χ4n) is 1.72. The van der Waals surface area contributed by atoms with E-state index in [4.69, 9.17) is 9.47 Å². The highest BCUT2D eigenvalue weighted by Crippen LogP contribution is 2.29. The first kappa shape index (κ1) is 15.9. The Bertz CT molecular complexity index is 729. The summed E-state index contributed by atoms with van der Waals surface area (Å²) in [5.74, 6) is 0.757. The predicted molar refractivity (Wildman–Crippen MR) is 89.5 cm³/mol. The second-order valence-electron chi connectivity index (χ2n) is 4.13. The van der Waals surface area contributed by atoms with Gasteiger partial charge in [0, 0.05) is 15.3 Å². The van der Waals surface area contributed by atoms with E-state index in [1.807, 2.05) is 12.1 Å². The van der Waals surface area contributed by atoms with Gasteiger partial charge in [0.1, 0.15) is 16.4 Å². The summed E-state index contributed by atoms with van der Waals surface area (Å²) < 4.78 is 38.6. The summed E-state index contributed by atoms with van der Waals surface area (Å²) in [7, 11) is -0.805. The van der Waals surface area contributed by atoms with Crippen molar-refractivity contribution >= 4 is 38.3 Å². The van der Waals surface area contributed by atoms with Gasteiger partial charge in [-0.15, -0.1) is 0 Å². The van der Waals surface area contributed by atoms with Gasteiger partial charge in [0.25, 0.3) is 10.0 Å². The van der Waals surface area contributed by atoms with Crippen molar-refractivity contribution in [3.8, 4) is 11.5 Å². The molecule has 21 heavy (non-hydrogen) atoms. The van der Waals surface area contributed by atoms with Crippen LogP contribution in [-0.4, -0.2) is 22.6 Å². The molecule has 0 aromatic heterocycles. The molecule has 0 atom stereocenters. The lowest BCUT2D eigenvalue weighted by molar-refractivity contribution is 0.386. The lowest BCUT2D eigenvalue weighted by atomic mass is 10.3. The van der Waals surface area contributed by atoms with E-state index in [-0.39, 0.29) is 10.6 Å². The van der Waals surface area contributed by atoms with Gasteiger partial charge < -0.3 is 9.47 Å². The Balaban J connectivity index is 2.37. The molecule has 0 heterocycles. The molecule has 0 fully saturated rings. The Morgan fingerprint density at radius 1 is 1.00 bits per heavy atom. The third-order valence-electron chi connectivity index (χ3n) is 2.76. The van der Waals surface area contributed by atoms with Crippen molar-refractivity contribution < 1.29 is 17.9 Å². The van der Waals surface area contributed by atoms with Gasteiger partial charge in [-0.1, -0.05) is 0 Å². The molecule has 0 saturated carbocycles. The quantitative estimate of drug-likeness (QED) is 0.757. The maximum atomic E-state index is 12.4. The second-order valence-corrected chi connectivity index (χ2v) is 7.03. The minimum atomic E-state index is -3.73. The Morgan fingerprint density at radius 3 is 2.24 bits per heavy atom. The van der Waals surface area contributed by atoms with E-state index in [0.717, 1.165) is 3.57 Å². The number of methoxy groups -OCH3 is 2. The number of benzene rings is 2. The Morgan fingerprint density at radius 2 is 1.67 bits per heavy atom. The third kappa shape index (κ3) is 3.79. The molecule has 2 aromatic rings. The fraction of sp³-hybridized carbons (Fsp3) is 0.143. The first-order chi connectivity index (χ1) is 9.96. The zero-order valence-corrected chi connectivity index (χ0v) is 14.4. The van der Waals surface area contributed by atoms with E-state index in [1.54, 1.807) is 18.2 Å². The molecule has 0 unspecified atom stereocenters. The number of hydrogen-bond donors (Lipinski definition) is 1. The summed E-state index contributed by atoms with van der Waals surface area (Å²) in [5, 5.41) is 0. The number of nitrogens with one attached hydrogen (secondary N) is 1. The van der Waals surface area contributed by atoms with Gasteiger partial charge >= 0.3 is 0 Å². The Hall–Kier alpha value is -1.48. The lowest BCUT2D eigenvalue weighted by Gasteiger charge is -2.12. The van der Waals surface area contributed by atoms with Crippen LogP contribution in [0.5, 0.6) is 11.5 Å². The van der Waals surface area contributed by atoms with Crippen LogP contribution in [0.4, 0.5) is 5.69 Å². The van der Waals surface area contributed by atoms with Crippen molar-refractivity contribution in [3.05, 3.63) is 46.0 Å². The van der Waals surface area contributed by atoms with Crippen LogP contribution >= 0.6 is 22.6 Å². The van der Waals surface area contributed by atoms with Gasteiger partial charge in [0.15, 0.2) is 0 Å². The van der Waals surface area contributed by atoms with Crippen molar-refractivity contribution in [2.45, 2.75) is 4.90 Å². The van der Waals surface area contributed by atoms with Crippen molar-refractivity contribution in [3.63, 3.8) is 0 Å². The average molecular weight is 419 g/mol. The predicted octanol–water partition coefficient (Wildman–Crippen LogP) is 3.11. The van der Waals surface area contributed by atoms with Gasteiger partial charge in [0.05, 0.1) is 14.2 Å². The topological polar surface area (TPSA) is 64.6 Å². The second kappa shape index (κ2) is 6.52. The fourth-order valence-corrected chi connectivity index (χ4v) is 3.30. The maximum Gasteiger partial charge on any atom is 0.265 e. The smallest absolute Gasteiger partial charge is 0.265 e. The Labute approximate surface area is 137 Å². The summed E-state index contributed by atoms with van der Waals surface area (Å²) in [6.07, 6.45) is 0. The largest absolute Gasteiger partial charge is 0.497 e. The summed E-state index contributed by atoms with van der Waals surface area (Å²) in [6, 6.07) is 11.6. The van der Waals surface area contributed by atoms with Crippen LogP contribution in [0.3, 0.4) is 0 Å². The van der Waals surface area contributed by atoms with Gasteiger partial charge in [-0.2, -0.15) is 0 Å². The van der Waals surface area contributed by atoms with Crippen molar-refractivity contribution in [2.24, 2.45) is 0 Å². The molecule has 1 N–H and O–H groups in total. The summed E-state index contributed by atoms with van der Waals surface area (Å²) in [4.78, 5) is 0.0596. The molecule has 5 nitrogen and oxygen atoms in total. The average Bonchev–Trinajstić information content (AvgIpc) is 2.48. The number of hydrogen-bond acceptors (Lipinski definition) is 4. The highest BCUT2D eigenvalue weighted by Gasteiger charge is 2.20. The minimum absolute atomic E-state index is 0.0596. The summed E-state index contributed by atoms with van der Waals surface area (Å²) in [6.45, 7) is 0. The van der Waals surface area contributed by atoms with Crippen LogP contribution in [0, 0.1) is 3.57 Å². The molecule has 2 aromatic carbocycles. The SMILES string of the molecule is COc1ccc(S(=O)(=O)Nc2ccc(I)cc2)c(OC)c1. The van der Waals surface area contributed by atoms with E-state index < -0.39 is 10.0 Å². The molecular weight excluding hydrogens is 405 g/mol. The standard InChI is InChI=1S/C14H14INO4S/c1-19-12-7-8-14(13(9-12)20-2)21(17,18)16-11-5-3-10(15)4-6-11/h3-9,16H,1-2H3. The van der Waals surface area contributed by atoms with Gasteiger partial charge in [-0.25, -0.2) is 8.42 Å². The van der Waals surface area contributed by atoms with Gasteiger partial charge in [-0.05, 0) is 59.0 Å². The third-order valence-corrected chi connectivity index (χ3v) is 4.90. The number of sulfonamides is 1. The number of rotatable bonds is 5. The molecule has 0 bridgehead atoms. The van der Waals surface area contributed by atoms with Gasteiger partial charge in [0.2, 0.25) is 0 Å². The first-order valence-electron chi connectivity index (χ1n) is 5.96. The van der Waals surface area contributed by atoms with E-state index in [1.165, 1.54) is 26.4 Å². The van der Waals surface area contributed by atoms with E-state index in [2.05, 4.69) is 27.3 Å². The van der Waals surface area contributed by atoms with Crippen LogP contribution in [0.2, 0.25) is 0 Å². The molecule has 0 amide bonds. The summed E-state index contributed by atoms with van der Waals surface area (Å²) >= 11 is 2.15. The molecule has 0 aliphatic rings. The molecule has 0 aliphatic heterocycles. The molecule has 0 spiro atoms. The molecule has 0 saturated heterocycles. The number of halogens is 1. The zero-order valence-electron chi connectivity index (χ0n) is 11.5. The zero-order chi connectivity index (χ0) is 15.5. The normalized spacial score (nSPS) is 11.0. The maximum absolute atomic E-state index is 12.4.